The van der Waals surface area contributed by atoms with E-state index < -0.39 is 5.91 Å². The second-order valence-electron chi connectivity index (χ2n) is 3.72. The minimum atomic E-state index is -0.394. The number of ether oxygens (including phenoxy) is 1. The molecule has 0 unspecified atom stereocenters. The Morgan fingerprint density at radius 3 is 2.42 bits per heavy atom. The summed E-state index contributed by atoms with van der Waals surface area (Å²) in [6.07, 6.45) is 0.760. The zero-order chi connectivity index (χ0) is 14.4. The summed E-state index contributed by atoms with van der Waals surface area (Å²) in [5.74, 6) is -0.172. The lowest BCUT2D eigenvalue weighted by molar-refractivity contribution is -0.123. The predicted molar refractivity (Wildman–Crippen MR) is 78.5 cm³/mol. The summed E-state index contributed by atoms with van der Waals surface area (Å²) in [4.78, 5) is 11.5. The molecular formula is C12H13Cl3N2O2. The Morgan fingerprint density at radius 1 is 1.32 bits per heavy atom. The highest BCUT2D eigenvalue weighted by Gasteiger charge is 2.11. The fraction of sp³-hybridized carbons (Fsp3) is 0.333. The topological polar surface area (TPSA) is 50.7 Å². The number of amides is 1. The van der Waals surface area contributed by atoms with Crippen LogP contribution in [-0.2, 0) is 4.79 Å². The minimum Gasteiger partial charge on any atom is -0.481 e. The molecule has 1 N–H and O–H groups in total. The average Bonchev–Trinajstić information content (AvgIpc) is 2.34. The van der Waals surface area contributed by atoms with Crippen molar-refractivity contribution in [2.45, 2.75) is 20.3 Å². The van der Waals surface area contributed by atoms with Crippen LogP contribution in [0.2, 0.25) is 15.1 Å². The van der Waals surface area contributed by atoms with Crippen LogP contribution in [0.15, 0.2) is 17.2 Å². The van der Waals surface area contributed by atoms with Crippen LogP contribution < -0.4 is 10.2 Å². The van der Waals surface area contributed by atoms with Crippen LogP contribution in [0.4, 0.5) is 0 Å². The molecular weight excluding hydrogens is 311 g/mol. The first-order valence-corrected chi connectivity index (χ1v) is 6.66. The van der Waals surface area contributed by atoms with Gasteiger partial charge >= 0.3 is 0 Å². The zero-order valence-electron chi connectivity index (χ0n) is 10.5. The molecule has 0 saturated heterocycles. The maximum Gasteiger partial charge on any atom is 0.277 e. The molecule has 0 fully saturated rings. The summed E-state index contributed by atoms with van der Waals surface area (Å²) >= 11 is 17.6. The molecule has 0 spiro atoms. The van der Waals surface area contributed by atoms with Crippen LogP contribution in [0.3, 0.4) is 0 Å². The van der Waals surface area contributed by atoms with E-state index in [2.05, 4.69) is 10.5 Å². The highest BCUT2D eigenvalue weighted by Crippen LogP contribution is 2.35. The van der Waals surface area contributed by atoms with Gasteiger partial charge in [0.1, 0.15) is 0 Å². The van der Waals surface area contributed by atoms with Gasteiger partial charge in [-0.3, -0.25) is 4.79 Å². The zero-order valence-corrected chi connectivity index (χ0v) is 12.7. The third-order valence-corrected chi connectivity index (χ3v) is 2.97. The van der Waals surface area contributed by atoms with Crippen LogP contribution in [0.5, 0.6) is 5.75 Å². The van der Waals surface area contributed by atoms with Crippen molar-refractivity contribution in [1.82, 2.24) is 5.43 Å². The lowest BCUT2D eigenvalue weighted by Gasteiger charge is -2.09. The minimum absolute atomic E-state index is 0.221. The van der Waals surface area contributed by atoms with Gasteiger partial charge in [0.15, 0.2) is 12.4 Å². The number of nitrogens with zero attached hydrogens (tertiary/aromatic N) is 1. The number of hydrazone groups is 1. The smallest absolute Gasteiger partial charge is 0.277 e. The number of nitrogens with one attached hydrogen (secondary N) is 1. The molecule has 1 rings (SSSR count). The first kappa shape index (κ1) is 16.1. The second-order valence-corrected chi connectivity index (χ2v) is 4.97. The van der Waals surface area contributed by atoms with Crippen molar-refractivity contribution in [3.63, 3.8) is 0 Å². The highest BCUT2D eigenvalue weighted by atomic mass is 35.5. The van der Waals surface area contributed by atoms with Gasteiger partial charge in [0, 0.05) is 10.7 Å². The first-order chi connectivity index (χ1) is 8.93. The van der Waals surface area contributed by atoms with Crippen LogP contribution >= 0.6 is 34.8 Å². The Hall–Kier alpha value is -0.970. The summed E-state index contributed by atoms with van der Waals surface area (Å²) < 4.78 is 5.25. The van der Waals surface area contributed by atoms with Crippen LogP contribution in [0, 0.1) is 0 Å². The lowest BCUT2D eigenvalue weighted by Crippen LogP contribution is -2.25. The van der Waals surface area contributed by atoms with Crippen molar-refractivity contribution in [3.05, 3.63) is 27.2 Å². The summed E-state index contributed by atoms with van der Waals surface area (Å²) in [7, 11) is 0. The lowest BCUT2D eigenvalue weighted by atomic mass is 10.3. The van der Waals surface area contributed by atoms with Crippen LogP contribution in [0.25, 0.3) is 0 Å². The van der Waals surface area contributed by atoms with E-state index in [1.54, 1.807) is 0 Å². The SMILES string of the molecule is CCC(C)=NNC(=O)COc1c(Cl)cc(Cl)cc1Cl. The van der Waals surface area contributed by atoms with E-state index in [1.165, 1.54) is 12.1 Å². The Kier molecular flexibility index (Phi) is 6.42. The molecule has 0 heterocycles. The molecule has 0 saturated carbocycles. The van der Waals surface area contributed by atoms with Gasteiger partial charge < -0.3 is 4.74 Å². The number of carbonyl (C=O) groups is 1. The summed E-state index contributed by atoms with van der Waals surface area (Å²) in [6, 6.07) is 2.98. The number of hydrogen-bond acceptors (Lipinski definition) is 3. The van der Waals surface area contributed by atoms with Gasteiger partial charge in [-0.25, -0.2) is 5.43 Å². The second kappa shape index (κ2) is 7.58. The predicted octanol–water partition coefficient (Wildman–Crippen LogP) is 3.93. The van der Waals surface area contributed by atoms with E-state index in [9.17, 15) is 4.79 Å². The van der Waals surface area contributed by atoms with Gasteiger partial charge in [-0.05, 0) is 25.5 Å². The molecule has 0 aliphatic carbocycles. The van der Waals surface area contributed by atoms with Crippen molar-refractivity contribution in [2.24, 2.45) is 5.10 Å². The first-order valence-electron chi connectivity index (χ1n) is 5.53. The molecule has 0 radical (unpaired) electrons. The molecule has 0 aliphatic heterocycles. The van der Waals surface area contributed by atoms with Gasteiger partial charge in [0.25, 0.3) is 5.91 Å². The Balaban J connectivity index is 2.60. The van der Waals surface area contributed by atoms with Crippen molar-refractivity contribution in [2.75, 3.05) is 6.61 Å². The molecule has 0 aromatic heterocycles. The third kappa shape index (κ3) is 5.27. The highest BCUT2D eigenvalue weighted by molar-refractivity contribution is 6.40. The summed E-state index contributed by atoms with van der Waals surface area (Å²) in [6.45, 7) is 3.52. The van der Waals surface area contributed by atoms with Gasteiger partial charge in [-0.15, -0.1) is 0 Å². The van der Waals surface area contributed by atoms with E-state index in [0.717, 1.165) is 12.1 Å². The number of hydrogen-bond donors (Lipinski definition) is 1. The van der Waals surface area contributed by atoms with Crippen molar-refractivity contribution in [1.29, 1.82) is 0 Å². The quantitative estimate of drug-likeness (QED) is 0.659. The number of halogens is 3. The maximum absolute atomic E-state index is 11.5. The van der Waals surface area contributed by atoms with Gasteiger partial charge in [-0.2, -0.15) is 5.10 Å². The van der Waals surface area contributed by atoms with Crippen molar-refractivity contribution in [3.8, 4) is 5.75 Å². The molecule has 0 aliphatic rings. The summed E-state index contributed by atoms with van der Waals surface area (Å²) in [5, 5.41) is 4.76. The Morgan fingerprint density at radius 2 is 1.89 bits per heavy atom. The standard InChI is InChI=1S/C12H13Cl3N2O2/c1-3-7(2)16-17-11(18)6-19-12-9(14)4-8(13)5-10(12)15/h4-5H,3,6H2,1-2H3,(H,17,18). The fourth-order valence-electron chi connectivity index (χ4n) is 1.07. The average molecular weight is 324 g/mol. The molecule has 1 aromatic rings. The number of carbonyl (C=O) groups excluding carboxylic acids is 1. The summed E-state index contributed by atoms with van der Waals surface area (Å²) in [5.41, 5.74) is 3.18. The molecule has 1 aromatic carbocycles. The van der Waals surface area contributed by atoms with E-state index in [4.69, 9.17) is 39.5 Å². The monoisotopic (exact) mass is 322 g/mol. The Bertz CT molecular complexity index is 481. The molecule has 0 atom stereocenters. The maximum atomic E-state index is 11.5. The van der Waals surface area contributed by atoms with Crippen LogP contribution in [-0.4, -0.2) is 18.2 Å². The molecule has 1 amide bonds. The van der Waals surface area contributed by atoms with E-state index in [-0.39, 0.29) is 22.4 Å². The molecule has 104 valence electrons. The van der Waals surface area contributed by atoms with E-state index in [0.29, 0.717) is 5.02 Å². The van der Waals surface area contributed by atoms with E-state index >= 15 is 0 Å². The largest absolute Gasteiger partial charge is 0.481 e. The van der Waals surface area contributed by atoms with Crippen molar-refractivity contribution < 1.29 is 9.53 Å². The van der Waals surface area contributed by atoms with Gasteiger partial charge in [-0.1, -0.05) is 41.7 Å². The van der Waals surface area contributed by atoms with Crippen LogP contribution in [0.1, 0.15) is 20.3 Å². The van der Waals surface area contributed by atoms with Gasteiger partial charge in [0.05, 0.1) is 10.0 Å². The van der Waals surface area contributed by atoms with Gasteiger partial charge in [0.2, 0.25) is 0 Å². The molecule has 7 heteroatoms. The molecule has 19 heavy (non-hydrogen) atoms. The molecule has 4 nitrogen and oxygen atoms in total. The van der Waals surface area contributed by atoms with E-state index in [1.807, 2.05) is 13.8 Å². The number of rotatable bonds is 5. The van der Waals surface area contributed by atoms with Crippen molar-refractivity contribution >= 4 is 46.4 Å². The Labute approximate surface area is 126 Å². The molecule has 0 bridgehead atoms. The normalized spacial score (nSPS) is 11.3. The number of benzene rings is 1. The third-order valence-electron chi connectivity index (χ3n) is 2.19. The fourth-order valence-corrected chi connectivity index (χ4v) is 2.00.